The maximum absolute atomic E-state index is 11.9. The van der Waals surface area contributed by atoms with Crippen molar-refractivity contribution in [3.63, 3.8) is 0 Å². The monoisotopic (exact) mass is 364 g/mol. The van der Waals surface area contributed by atoms with Crippen molar-refractivity contribution in [3.05, 3.63) is 71.8 Å². The van der Waals surface area contributed by atoms with E-state index in [0.717, 1.165) is 11.3 Å². The number of nitrogens with zero attached hydrogens (tertiary/aromatic N) is 5. The molecule has 1 aromatic carbocycles. The number of nitrogens with one attached hydrogen (secondary N) is 1. The minimum Gasteiger partial charge on any atom is -0.487 e. The van der Waals surface area contributed by atoms with Gasteiger partial charge in [-0.1, -0.05) is 5.21 Å². The van der Waals surface area contributed by atoms with Gasteiger partial charge in [-0.3, -0.25) is 9.78 Å². The topological polar surface area (TPSA) is 94.3 Å². The molecule has 8 heteroatoms. The van der Waals surface area contributed by atoms with Gasteiger partial charge in [0.25, 0.3) is 5.91 Å². The second-order valence-electron chi connectivity index (χ2n) is 6.08. The molecule has 0 saturated carbocycles. The zero-order chi connectivity index (χ0) is 19.1. The van der Waals surface area contributed by atoms with Crippen molar-refractivity contribution in [2.75, 3.05) is 0 Å². The third-order valence-electron chi connectivity index (χ3n) is 3.68. The quantitative estimate of drug-likeness (QED) is 0.514. The minimum absolute atomic E-state index is 0.267. The standard InChI is InChI=1S/C19H20N6O2/c1-14(2)25-12-17(22-24-25)13-27-18-5-3-15(4-6-18)11-21-23-19(26)16-7-9-20-10-8-16/h3-12,14H,13H2,1-2H3,(H,23,26)/b21-11+. The molecular formula is C19H20N6O2. The Balaban J connectivity index is 1.50. The van der Waals surface area contributed by atoms with E-state index in [1.54, 1.807) is 35.4 Å². The summed E-state index contributed by atoms with van der Waals surface area (Å²) in [4.78, 5) is 15.7. The fourth-order valence-corrected chi connectivity index (χ4v) is 2.17. The lowest BCUT2D eigenvalue weighted by atomic mass is 10.2. The van der Waals surface area contributed by atoms with Crippen LogP contribution in [0.1, 0.15) is 41.5 Å². The van der Waals surface area contributed by atoms with Gasteiger partial charge < -0.3 is 4.74 Å². The number of carbonyl (C=O) groups excluding carboxylic acids is 1. The first-order valence-electron chi connectivity index (χ1n) is 8.49. The summed E-state index contributed by atoms with van der Waals surface area (Å²) in [5, 5.41) is 12.1. The first-order valence-corrected chi connectivity index (χ1v) is 8.49. The molecule has 0 aliphatic rings. The van der Waals surface area contributed by atoms with E-state index in [9.17, 15) is 4.79 Å². The van der Waals surface area contributed by atoms with E-state index in [1.807, 2.05) is 44.3 Å². The van der Waals surface area contributed by atoms with Crippen LogP contribution in [0.25, 0.3) is 0 Å². The summed E-state index contributed by atoms with van der Waals surface area (Å²) in [7, 11) is 0. The lowest BCUT2D eigenvalue weighted by molar-refractivity contribution is 0.0955. The zero-order valence-electron chi connectivity index (χ0n) is 15.1. The lowest BCUT2D eigenvalue weighted by Gasteiger charge is -2.04. The number of aromatic nitrogens is 4. The predicted molar refractivity (Wildman–Crippen MR) is 100 cm³/mol. The molecule has 0 unspecified atom stereocenters. The van der Waals surface area contributed by atoms with Crippen molar-refractivity contribution in [3.8, 4) is 5.75 Å². The van der Waals surface area contributed by atoms with Gasteiger partial charge in [0.2, 0.25) is 0 Å². The highest BCUT2D eigenvalue weighted by Gasteiger charge is 2.05. The van der Waals surface area contributed by atoms with Crippen LogP contribution < -0.4 is 10.2 Å². The van der Waals surface area contributed by atoms with Crippen molar-refractivity contribution in [2.45, 2.75) is 26.5 Å². The maximum atomic E-state index is 11.9. The molecule has 27 heavy (non-hydrogen) atoms. The Kier molecular flexibility index (Phi) is 5.88. The van der Waals surface area contributed by atoms with Crippen LogP contribution in [-0.2, 0) is 6.61 Å². The number of hydrazone groups is 1. The first kappa shape index (κ1) is 18.2. The molecule has 3 aromatic rings. The summed E-state index contributed by atoms with van der Waals surface area (Å²) in [5.74, 6) is 0.426. The number of hydrogen-bond acceptors (Lipinski definition) is 6. The highest BCUT2D eigenvalue weighted by molar-refractivity contribution is 5.94. The van der Waals surface area contributed by atoms with E-state index in [0.29, 0.717) is 17.9 Å². The zero-order valence-corrected chi connectivity index (χ0v) is 15.1. The second-order valence-corrected chi connectivity index (χ2v) is 6.08. The van der Waals surface area contributed by atoms with E-state index >= 15 is 0 Å². The number of ether oxygens (including phenoxy) is 1. The fourth-order valence-electron chi connectivity index (χ4n) is 2.17. The van der Waals surface area contributed by atoms with Crippen LogP contribution in [-0.4, -0.2) is 32.1 Å². The molecular weight excluding hydrogens is 344 g/mol. The number of amides is 1. The third kappa shape index (κ3) is 5.21. The molecule has 0 fully saturated rings. The number of carbonyl (C=O) groups is 1. The molecule has 0 spiro atoms. The smallest absolute Gasteiger partial charge is 0.271 e. The van der Waals surface area contributed by atoms with Crippen LogP contribution in [0, 0.1) is 0 Å². The highest BCUT2D eigenvalue weighted by atomic mass is 16.5. The van der Waals surface area contributed by atoms with Crippen LogP contribution in [0.15, 0.2) is 60.1 Å². The molecule has 0 atom stereocenters. The number of hydrogen-bond donors (Lipinski definition) is 1. The maximum Gasteiger partial charge on any atom is 0.271 e. The summed E-state index contributed by atoms with van der Waals surface area (Å²) >= 11 is 0. The normalized spacial score (nSPS) is 11.1. The van der Waals surface area contributed by atoms with Gasteiger partial charge in [0, 0.05) is 24.0 Å². The van der Waals surface area contributed by atoms with Crippen molar-refractivity contribution in [1.29, 1.82) is 0 Å². The molecule has 1 N–H and O–H groups in total. The summed E-state index contributed by atoms with van der Waals surface area (Å²) in [5.41, 5.74) is 4.58. The molecule has 1 amide bonds. The molecule has 2 aromatic heterocycles. The second kappa shape index (κ2) is 8.70. The summed E-state index contributed by atoms with van der Waals surface area (Å²) < 4.78 is 7.49. The molecule has 0 bridgehead atoms. The average molecular weight is 364 g/mol. The summed E-state index contributed by atoms with van der Waals surface area (Å²) in [6, 6.07) is 10.9. The Morgan fingerprint density at radius 3 is 2.63 bits per heavy atom. The van der Waals surface area contributed by atoms with Crippen LogP contribution in [0.4, 0.5) is 0 Å². The van der Waals surface area contributed by atoms with Gasteiger partial charge in [-0.05, 0) is 55.8 Å². The van der Waals surface area contributed by atoms with Gasteiger partial charge in [0.1, 0.15) is 18.1 Å². The van der Waals surface area contributed by atoms with Gasteiger partial charge in [-0.2, -0.15) is 5.10 Å². The number of benzene rings is 1. The minimum atomic E-state index is -0.289. The van der Waals surface area contributed by atoms with Crippen LogP contribution in [0.2, 0.25) is 0 Å². The van der Waals surface area contributed by atoms with Gasteiger partial charge in [-0.25, -0.2) is 10.1 Å². The van der Waals surface area contributed by atoms with Crippen LogP contribution in [0.5, 0.6) is 5.75 Å². The Morgan fingerprint density at radius 1 is 1.22 bits per heavy atom. The van der Waals surface area contributed by atoms with Gasteiger partial charge in [-0.15, -0.1) is 5.10 Å². The molecule has 0 radical (unpaired) electrons. The van der Waals surface area contributed by atoms with Crippen molar-refractivity contribution >= 4 is 12.1 Å². The Morgan fingerprint density at radius 2 is 1.96 bits per heavy atom. The predicted octanol–water partition coefficient (Wildman–Crippen LogP) is 2.60. The van der Waals surface area contributed by atoms with Crippen LogP contribution in [0.3, 0.4) is 0 Å². The average Bonchev–Trinajstić information content (AvgIpc) is 3.17. The van der Waals surface area contributed by atoms with E-state index in [4.69, 9.17) is 4.74 Å². The number of pyridine rings is 1. The van der Waals surface area contributed by atoms with E-state index in [1.165, 1.54) is 0 Å². The Labute approximate surface area is 156 Å². The van der Waals surface area contributed by atoms with E-state index in [2.05, 4.69) is 25.8 Å². The molecule has 8 nitrogen and oxygen atoms in total. The molecule has 0 aliphatic carbocycles. The Hall–Kier alpha value is -3.55. The largest absolute Gasteiger partial charge is 0.487 e. The third-order valence-corrected chi connectivity index (χ3v) is 3.68. The molecule has 138 valence electrons. The van der Waals surface area contributed by atoms with Gasteiger partial charge >= 0.3 is 0 Å². The van der Waals surface area contributed by atoms with Crippen LogP contribution >= 0.6 is 0 Å². The van der Waals surface area contributed by atoms with Gasteiger partial charge in [0.05, 0.1) is 12.4 Å². The molecule has 0 aliphatic heterocycles. The highest BCUT2D eigenvalue weighted by Crippen LogP contribution is 2.13. The van der Waals surface area contributed by atoms with Crippen molar-refractivity contribution in [1.82, 2.24) is 25.4 Å². The summed E-state index contributed by atoms with van der Waals surface area (Å²) in [6.45, 7) is 4.43. The lowest BCUT2D eigenvalue weighted by Crippen LogP contribution is -2.17. The van der Waals surface area contributed by atoms with E-state index in [-0.39, 0.29) is 11.9 Å². The first-order chi connectivity index (χ1) is 13.1. The molecule has 2 heterocycles. The summed E-state index contributed by atoms with van der Waals surface area (Å²) in [6.07, 6.45) is 6.55. The van der Waals surface area contributed by atoms with Crippen molar-refractivity contribution in [2.24, 2.45) is 5.10 Å². The SMILES string of the molecule is CC(C)n1cc(COc2ccc(/C=N/NC(=O)c3ccncc3)cc2)nn1. The number of rotatable bonds is 7. The molecule has 0 saturated heterocycles. The fraction of sp³-hybridized carbons (Fsp3) is 0.211. The van der Waals surface area contributed by atoms with E-state index < -0.39 is 0 Å². The van der Waals surface area contributed by atoms with Crippen molar-refractivity contribution < 1.29 is 9.53 Å². The molecule has 3 rings (SSSR count). The Bertz CT molecular complexity index is 903. The van der Waals surface area contributed by atoms with Gasteiger partial charge in [0.15, 0.2) is 0 Å².